The van der Waals surface area contributed by atoms with Gasteiger partial charge < -0.3 is 19.2 Å². The molecule has 0 radical (unpaired) electrons. The van der Waals surface area contributed by atoms with Crippen LogP contribution in [0.1, 0.15) is 40.0 Å². The molecule has 2 heterocycles. The van der Waals surface area contributed by atoms with Crippen LogP contribution in [0.5, 0.6) is 5.75 Å². The second-order valence-corrected chi connectivity index (χ2v) is 9.53. The quantitative estimate of drug-likeness (QED) is 0.667. The molecule has 2 fully saturated rings. The first-order valence-corrected chi connectivity index (χ1v) is 11.2. The Morgan fingerprint density at radius 2 is 1.88 bits per heavy atom. The van der Waals surface area contributed by atoms with Crippen molar-refractivity contribution in [1.29, 1.82) is 0 Å². The molecule has 2 unspecified atom stereocenters. The van der Waals surface area contributed by atoms with E-state index in [0.29, 0.717) is 29.2 Å². The lowest BCUT2D eigenvalue weighted by molar-refractivity contribution is -0.147. The molecule has 9 nitrogen and oxygen atoms in total. The molecule has 0 spiro atoms. The van der Waals surface area contributed by atoms with Crippen LogP contribution in [0, 0.1) is 11.8 Å². The summed E-state index contributed by atoms with van der Waals surface area (Å²) >= 11 is 5.58. The topological polar surface area (TPSA) is 111 Å². The van der Waals surface area contributed by atoms with Gasteiger partial charge in [0.05, 0.1) is 25.3 Å². The predicted octanol–water partition coefficient (Wildman–Crippen LogP) is 3.78. The molecule has 2 atom stereocenters. The molecule has 180 valence electrons. The number of hydrogen-bond donors (Lipinski definition) is 1. The monoisotopic (exact) mass is 479 g/mol. The van der Waals surface area contributed by atoms with Crippen LogP contribution in [0.2, 0.25) is 5.15 Å². The van der Waals surface area contributed by atoms with Crippen molar-refractivity contribution in [2.75, 3.05) is 20.8 Å². The molecular formula is C23H30ClN3O6. The van der Waals surface area contributed by atoms with Gasteiger partial charge >= 0.3 is 12.1 Å². The number of carbonyl (C=O) groups excluding carboxylic acids is 2. The lowest BCUT2D eigenvalue weighted by Gasteiger charge is -2.29. The van der Waals surface area contributed by atoms with Crippen molar-refractivity contribution in [2.45, 2.75) is 51.7 Å². The number of H-pyrrole nitrogens is 1. The first-order chi connectivity index (χ1) is 15.5. The van der Waals surface area contributed by atoms with Crippen LogP contribution in [0.25, 0.3) is 11.0 Å². The van der Waals surface area contributed by atoms with Crippen molar-refractivity contribution in [2.24, 2.45) is 11.8 Å². The summed E-state index contributed by atoms with van der Waals surface area (Å²) in [4.78, 5) is 43.3. The average Bonchev–Trinajstić information content (AvgIpc) is 3.50. The molecule has 1 saturated carbocycles. The summed E-state index contributed by atoms with van der Waals surface area (Å²) in [5.74, 6) is 1.15. The predicted molar refractivity (Wildman–Crippen MR) is 124 cm³/mol. The van der Waals surface area contributed by atoms with Crippen LogP contribution >= 0.6 is 11.6 Å². The van der Waals surface area contributed by atoms with E-state index in [9.17, 15) is 14.4 Å². The number of methoxy groups -OCH3 is 2. The highest BCUT2D eigenvalue weighted by Gasteiger charge is 2.49. The van der Waals surface area contributed by atoms with Crippen LogP contribution < -0.4 is 10.3 Å². The maximum atomic E-state index is 12.2. The summed E-state index contributed by atoms with van der Waals surface area (Å²) in [5.41, 5.74) is 0.302. The lowest BCUT2D eigenvalue weighted by Crippen LogP contribution is -2.46. The molecule has 1 aliphatic heterocycles. The third-order valence-electron chi connectivity index (χ3n) is 5.60. The largest absolute Gasteiger partial charge is 0.497 e. The van der Waals surface area contributed by atoms with E-state index in [4.69, 9.17) is 25.8 Å². The van der Waals surface area contributed by atoms with Gasteiger partial charge in [0.1, 0.15) is 17.4 Å². The lowest BCUT2D eigenvalue weighted by atomic mass is 9.95. The van der Waals surface area contributed by atoms with Gasteiger partial charge in [-0.05, 0) is 64.0 Å². The van der Waals surface area contributed by atoms with Gasteiger partial charge in [-0.25, -0.2) is 14.6 Å². The van der Waals surface area contributed by atoms with Crippen molar-refractivity contribution in [1.82, 2.24) is 14.9 Å². The Morgan fingerprint density at radius 3 is 2.45 bits per heavy atom. The smallest absolute Gasteiger partial charge is 0.411 e. The first kappa shape index (κ1) is 24.8. The number of aromatic amines is 1. The number of nitrogens with zero attached hydrogens (tertiary/aromatic N) is 2. The minimum Gasteiger partial charge on any atom is -0.497 e. The van der Waals surface area contributed by atoms with Gasteiger partial charge in [-0.3, -0.25) is 9.69 Å². The fourth-order valence-electron chi connectivity index (χ4n) is 3.95. The van der Waals surface area contributed by atoms with Crippen LogP contribution in [0.3, 0.4) is 0 Å². The van der Waals surface area contributed by atoms with Crippen molar-refractivity contribution >= 4 is 34.7 Å². The number of fused-ring (bicyclic) bond motifs is 1. The number of halogens is 1. The van der Waals surface area contributed by atoms with E-state index in [-0.39, 0.29) is 17.0 Å². The number of amides is 1. The summed E-state index contributed by atoms with van der Waals surface area (Å²) in [5, 5.41) is -0.0531. The maximum absolute atomic E-state index is 12.2. The highest BCUT2D eigenvalue weighted by molar-refractivity contribution is 6.29. The molecule has 0 bridgehead atoms. The summed E-state index contributed by atoms with van der Waals surface area (Å²) in [6.45, 7) is 6.06. The van der Waals surface area contributed by atoms with Gasteiger partial charge in [0, 0.05) is 12.6 Å². The zero-order valence-electron chi connectivity index (χ0n) is 19.5. The Labute approximate surface area is 197 Å². The number of hydrogen-bond acceptors (Lipinski definition) is 7. The standard InChI is InChI=1S/C14H23NO4.C9H7ClN2O2/c1-14(2,3)19-13(17)15-8-7-10(9-5-6-9)11(15)12(16)18-4;1-14-5-2-3-6-7(4-5)12-9(13)8(10)11-6/h9-11H,5-8H2,1-4H3;2-4H,1H3,(H,12,13). The third-order valence-corrected chi connectivity index (χ3v) is 5.86. The Morgan fingerprint density at radius 1 is 1.18 bits per heavy atom. The molecule has 1 N–H and O–H groups in total. The highest BCUT2D eigenvalue weighted by atomic mass is 35.5. The number of nitrogens with one attached hydrogen (secondary N) is 1. The second-order valence-electron chi connectivity index (χ2n) is 9.17. The van der Waals surface area contributed by atoms with Crippen LogP contribution in [0.4, 0.5) is 4.79 Å². The number of esters is 1. The second kappa shape index (κ2) is 9.99. The summed E-state index contributed by atoms with van der Waals surface area (Å²) in [7, 11) is 2.93. The molecule has 1 aromatic carbocycles. The van der Waals surface area contributed by atoms with Gasteiger partial charge in [0.2, 0.25) is 0 Å². The van der Waals surface area contributed by atoms with E-state index in [1.165, 1.54) is 7.11 Å². The van der Waals surface area contributed by atoms with E-state index < -0.39 is 23.3 Å². The van der Waals surface area contributed by atoms with Crippen LogP contribution in [-0.2, 0) is 14.3 Å². The van der Waals surface area contributed by atoms with Crippen LogP contribution in [0.15, 0.2) is 23.0 Å². The average molecular weight is 480 g/mol. The number of ether oxygens (including phenoxy) is 3. The van der Waals surface area contributed by atoms with Gasteiger partial charge in [-0.2, -0.15) is 0 Å². The summed E-state index contributed by atoms with van der Waals surface area (Å²) < 4.78 is 15.2. The van der Waals surface area contributed by atoms with Crippen LogP contribution in [-0.4, -0.2) is 59.3 Å². The van der Waals surface area contributed by atoms with Gasteiger partial charge in [-0.1, -0.05) is 11.6 Å². The normalized spacial score (nSPS) is 20.1. The number of benzene rings is 1. The number of aromatic nitrogens is 2. The summed E-state index contributed by atoms with van der Waals surface area (Å²) in [6, 6.07) is 4.72. The molecule has 10 heteroatoms. The van der Waals surface area contributed by atoms with E-state index in [0.717, 1.165) is 19.3 Å². The van der Waals surface area contributed by atoms with Gasteiger partial charge in [0.15, 0.2) is 5.15 Å². The number of likely N-dealkylation sites (tertiary alicyclic amines) is 1. The molecule has 2 aromatic rings. The fourth-order valence-corrected chi connectivity index (χ4v) is 4.09. The Bertz CT molecular complexity index is 1080. The number of carbonyl (C=O) groups is 2. The van der Waals surface area contributed by atoms with E-state index in [1.54, 1.807) is 30.2 Å². The van der Waals surface area contributed by atoms with E-state index in [2.05, 4.69) is 9.97 Å². The highest BCUT2D eigenvalue weighted by Crippen LogP contribution is 2.45. The minimum absolute atomic E-state index is 0.0531. The number of rotatable bonds is 3. The minimum atomic E-state index is -0.546. The van der Waals surface area contributed by atoms with Crippen molar-refractivity contribution < 1.29 is 23.8 Å². The Hall–Kier alpha value is -2.81. The van der Waals surface area contributed by atoms with E-state index in [1.807, 2.05) is 20.8 Å². The molecule has 33 heavy (non-hydrogen) atoms. The molecular weight excluding hydrogens is 450 g/mol. The Kier molecular flexibility index (Phi) is 7.51. The molecule has 1 aliphatic carbocycles. The van der Waals surface area contributed by atoms with Crippen molar-refractivity contribution in [3.8, 4) is 5.75 Å². The van der Waals surface area contributed by atoms with Gasteiger partial charge in [0.25, 0.3) is 5.56 Å². The zero-order valence-corrected chi connectivity index (χ0v) is 20.3. The van der Waals surface area contributed by atoms with Crippen molar-refractivity contribution in [3.63, 3.8) is 0 Å². The maximum Gasteiger partial charge on any atom is 0.411 e. The molecule has 1 saturated heterocycles. The first-order valence-electron chi connectivity index (χ1n) is 10.8. The fraction of sp³-hybridized carbons (Fsp3) is 0.565. The molecule has 4 rings (SSSR count). The molecule has 2 aliphatic rings. The SMILES string of the molecule is COC(=O)C1C(C2CC2)CCN1C(=O)OC(C)(C)C.COc1ccc2nc(Cl)c(=O)[nH]c2c1. The summed E-state index contributed by atoms with van der Waals surface area (Å²) in [6.07, 6.45) is 2.76. The van der Waals surface area contributed by atoms with Crippen molar-refractivity contribution in [3.05, 3.63) is 33.7 Å². The Balaban J connectivity index is 0.000000194. The molecule has 1 amide bonds. The third kappa shape index (κ3) is 6.16. The zero-order chi connectivity index (χ0) is 24.3. The molecule has 1 aromatic heterocycles. The van der Waals surface area contributed by atoms with E-state index >= 15 is 0 Å². The van der Waals surface area contributed by atoms with Gasteiger partial charge in [-0.15, -0.1) is 0 Å².